The molecule has 3 N–H and O–H groups in total. The van der Waals surface area contributed by atoms with E-state index in [2.05, 4.69) is 39.9 Å². The summed E-state index contributed by atoms with van der Waals surface area (Å²) in [6.07, 6.45) is 2.97. The molecule has 0 atom stereocenters. The Morgan fingerprint density at radius 3 is 2.78 bits per heavy atom. The molecule has 0 saturated carbocycles. The minimum absolute atomic E-state index is 0.686. The van der Waals surface area contributed by atoms with Gasteiger partial charge in [-0.15, -0.1) is 0 Å². The predicted octanol–water partition coefficient (Wildman–Crippen LogP) is 6.12. The number of nitrogens with one attached hydrogen (secondary N) is 3. The molecular weight excluding hydrogens is 420 g/mol. The molecule has 0 bridgehead atoms. The van der Waals surface area contributed by atoms with E-state index in [1.807, 2.05) is 42.6 Å². The number of rotatable bonds is 8. The molecule has 2 heterocycles. The van der Waals surface area contributed by atoms with E-state index in [-0.39, 0.29) is 0 Å². The number of H-pyrrole nitrogens is 1. The summed E-state index contributed by atoms with van der Waals surface area (Å²) in [6, 6.07) is 20.4. The Bertz CT molecular complexity index is 1400. The lowest BCUT2D eigenvalue weighted by Crippen LogP contribution is -2.17. The summed E-state index contributed by atoms with van der Waals surface area (Å²) in [4.78, 5) is 8.02. The molecule has 0 amide bonds. The van der Waals surface area contributed by atoms with Crippen LogP contribution in [0.15, 0.2) is 66.9 Å². The molecule has 0 radical (unpaired) electrons. The molecule has 5 aromatic rings. The number of hydrogen-bond donors (Lipinski definition) is 3. The normalized spacial score (nSPS) is 11.4. The van der Waals surface area contributed by atoms with E-state index in [0.717, 1.165) is 59.3 Å². The molecule has 0 aliphatic carbocycles. The van der Waals surface area contributed by atoms with E-state index < -0.39 is 0 Å². The van der Waals surface area contributed by atoms with Crippen molar-refractivity contribution in [2.45, 2.75) is 13.0 Å². The van der Waals surface area contributed by atoms with Gasteiger partial charge in [-0.1, -0.05) is 17.7 Å². The monoisotopic (exact) mass is 444 g/mol. The average molecular weight is 445 g/mol. The maximum Gasteiger partial charge on any atom is 0.119 e. The van der Waals surface area contributed by atoms with Crippen molar-refractivity contribution in [3.05, 3.63) is 77.4 Å². The van der Waals surface area contributed by atoms with Gasteiger partial charge < -0.3 is 20.4 Å². The van der Waals surface area contributed by atoms with Crippen LogP contribution in [0.3, 0.4) is 0 Å². The first-order valence-electron chi connectivity index (χ1n) is 10.8. The Kier molecular flexibility index (Phi) is 5.84. The fourth-order valence-corrected chi connectivity index (χ4v) is 4.25. The molecule has 6 heteroatoms. The highest BCUT2D eigenvalue weighted by molar-refractivity contribution is 6.31. The van der Waals surface area contributed by atoms with Crippen molar-refractivity contribution in [2.24, 2.45) is 0 Å². The van der Waals surface area contributed by atoms with Crippen molar-refractivity contribution >= 4 is 50.0 Å². The van der Waals surface area contributed by atoms with Crippen molar-refractivity contribution in [2.75, 3.05) is 25.5 Å². The first kappa shape index (κ1) is 20.6. The Labute approximate surface area is 191 Å². The van der Waals surface area contributed by atoms with Gasteiger partial charge in [-0.25, -0.2) is 4.98 Å². The van der Waals surface area contributed by atoms with Gasteiger partial charge in [-0.3, -0.25) is 0 Å². The number of halogens is 1. The lowest BCUT2D eigenvalue weighted by Gasteiger charge is -2.14. The van der Waals surface area contributed by atoms with Crippen LogP contribution in [0.1, 0.15) is 12.0 Å². The topological polar surface area (TPSA) is 62.0 Å². The first-order chi connectivity index (χ1) is 15.7. The number of pyridine rings is 1. The Hall–Kier alpha value is -3.28. The van der Waals surface area contributed by atoms with Gasteiger partial charge in [0.1, 0.15) is 5.75 Å². The molecule has 162 valence electrons. The van der Waals surface area contributed by atoms with Crippen molar-refractivity contribution in [1.82, 2.24) is 15.3 Å². The number of aromatic nitrogens is 2. The molecule has 32 heavy (non-hydrogen) atoms. The molecule has 0 aliphatic heterocycles. The third kappa shape index (κ3) is 4.22. The summed E-state index contributed by atoms with van der Waals surface area (Å²) in [5.74, 6) is 0.816. The second-order valence-corrected chi connectivity index (χ2v) is 8.32. The summed E-state index contributed by atoms with van der Waals surface area (Å²) >= 11 is 6.22. The van der Waals surface area contributed by atoms with Gasteiger partial charge >= 0.3 is 0 Å². The zero-order chi connectivity index (χ0) is 21.9. The summed E-state index contributed by atoms with van der Waals surface area (Å²) < 4.78 is 5.44. The van der Waals surface area contributed by atoms with Gasteiger partial charge in [0, 0.05) is 40.6 Å². The van der Waals surface area contributed by atoms with Gasteiger partial charge in [0.2, 0.25) is 0 Å². The van der Waals surface area contributed by atoms with Gasteiger partial charge in [-0.2, -0.15) is 0 Å². The van der Waals surface area contributed by atoms with Crippen LogP contribution in [-0.4, -0.2) is 30.2 Å². The molecule has 5 rings (SSSR count). The molecule has 0 fully saturated rings. The number of nitrogens with zero attached hydrogens (tertiary/aromatic N) is 1. The van der Waals surface area contributed by atoms with Crippen LogP contribution in [0.5, 0.6) is 5.75 Å². The highest BCUT2D eigenvalue weighted by Crippen LogP contribution is 2.34. The third-order valence-corrected chi connectivity index (χ3v) is 5.96. The van der Waals surface area contributed by atoms with Crippen LogP contribution >= 0.6 is 11.6 Å². The fourth-order valence-electron chi connectivity index (χ4n) is 4.09. The van der Waals surface area contributed by atoms with Crippen molar-refractivity contribution in [1.29, 1.82) is 0 Å². The van der Waals surface area contributed by atoms with E-state index in [1.165, 1.54) is 16.5 Å². The van der Waals surface area contributed by atoms with Gasteiger partial charge in [-0.05, 0) is 78.5 Å². The minimum Gasteiger partial charge on any atom is -0.497 e. The van der Waals surface area contributed by atoms with Gasteiger partial charge in [0.05, 0.1) is 23.8 Å². The minimum atomic E-state index is 0.686. The third-order valence-electron chi connectivity index (χ3n) is 5.72. The van der Waals surface area contributed by atoms with Gasteiger partial charge in [0.15, 0.2) is 0 Å². The summed E-state index contributed by atoms with van der Waals surface area (Å²) in [5, 5.41) is 11.2. The molecule has 3 aromatic carbocycles. The van der Waals surface area contributed by atoms with E-state index in [9.17, 15) is 0 Å². The average Bonchev–Trinajstić information content (AvgIpc) is 3.28. The molecule has 0 saturated heterocycles. The zero-order valence-corrected chi connectivity index (χ0v) is 18.7. The van der Waals surface area contributed by atoms with Crippen LogP contribution < -0.4 is 15.4 Å². The Balaban J connectivity index is 1.27. The smallest absolute Gasteiger partial charge is 0.119 e. The molecule has 5 nitrogen and oxygen atoms in total. The summed E-state index contributed by atoms with van der Waals surface area (Å²) in [7, 11) is 1.68. The number of anilines is 1. The Morgan fingerprint density at radius 1 is 0.938 bits per heavy atom. The van der Waals surface area contributed by atoms with Crippen LogP contribution in [0.4, 0.5) is 5.69 Å². The van der Waals surface area contributed by atoms with Crippen LogP contribution in [0.25, 0.3) is 32.7 Å². The fraction of sp³-hybridized carbons (Fsp3) is 0.192. The number of benzene rings is 3. The Morgan fingerprint density at radius 2 is 1.88 bits per heavy atom. The molecule has 0 unspecified atom stereocenters. The number of hydrogen-bond acceptors (Lipinski definition) is 4. The largest absolute Gasteiger partial charge is 0.497 e. The number of fused-ring (bicyclic) bond motifs is 3. The second kappa shape index (κ2) is 9.07. The van der Waals surface area contributed by atoms with Gasteiger partial charge in [0.25, 0.3) is 0 Å². The van der Waals surface area contributed by atoms with Crippen LogP contribution in [0.2, 0.25) is 5.02 Å². The highest BCUT2D eigenvalue weighted by Gasteiger charge is 2.10. The van der Waals surface area contributed by atoms with Crippen molar-refractivity contribution < 1.29 is 4.74 Å². The number of methoxy groups -OCH3 is 1. The summed E-state index contributed by atoms with van der Waals surface area (Å²) in [5.41, 5.74) is 5.34. The van der Waals surface area contributed by atoms with Crippen molar-refractivity contribution in [3.63, 3.8) is 0 Å². The first-order valence-corrected chi connectivity index (χ1v) is 11.2. The second-order valence-electron chi connectivity index (χ2n) is 7.89. The summed E-state index contributed by atoms with van der Waals surface area (Å²) in [6.45, 7) is 2.63. The van der Waals surface area contributed by atoms with Crippen LogP contribution in [0, 0.1) is 0 Å². The molecule has 2 aromatic heterocycles. The highest BCUT2D eigenvalue weighted by atomic mass is 35.5. The molecular formula is C26H25ClN4O. The van der Waals surface area contributed by atoms with E-state index in [1.54, 1.807) is 7.11 Å². The number of aromatic amines is 1. The lowest BCUT2D eigenvalue weighted by atomic mass is 10.1. The van der Waals surface area contributed by atoms with E-state index in [0.29, 0.717) is 5.02 Å². The van der Waals surface area contributed by atoms with Crippen molar-refractivity contribution in [3.8, 4) is 5.75 Å². The molecule has 0 spiro atoms. The zero-order valence-electron chi connectivity index (χ0n) is 17.9. The lowest BCUT2D eigenvalue weighted by molar-refractivity contribution is 0.415. The van der Waals surface area contributed by atoms with E-state index in [4.69, 9.17) is 21.3 Å². The maximum atomic E-state index is 6.22. The maximum absolute atomic E-state index is 6.22. The number of ether oxygens (including phenoxy) is 1. The van der Waals surface area contributed by atoms with Crippen LogP contribution in [-0.2, 0) is 6.54 Å². The quantitative estimate of drug-likeness (QED) is 0.199. The predicted molar refractivity (Wildman–Crippen MR) is 134 cm³/mol. The SMILES string of the molecule is COc1ccc2nc3cc(Cl)ccc3c(NCCCNCc3ccc4[nH]ccc4c3)c2c1. The standard InChI is InChI=1S/C26H25ClN4O/c1-32-20-5-8-24-22(15-20)26(21-6-4-19(27)14-25(21)31-24)30-11-2-10-28-16-17-3-7-23-18(13-17)9-12-29-23/h3-9,12-15,28-29H,2,10-11,16H2,1H3,(H,30,31). The molecule has 0 aliphatic rings. The van der Waals surface area contributed by atoms with E-state index >= 15 is 0 Å².